The number of imidazole rings is 1. The summed E-state index contributed by atoms with van der Waals surface area (Å²) in [6, 6.07) is 12.9. The number of benzene rings is 2. The number of rotatable bonds is 16. The van der Waals surface area contributed by atoms with Crippen LogP contribution in [0.4, 0.5) is 0 Å². The first-order chi connectivity index (χ1) is 22.2. The maximum absolute atomic E-state index is 12.7. The fraction of sp³-hybridized carbons (Fsp3) is 0.486. The van der Waals surface area contributed by atoms with Gasteiger partial charge in [0.25, 0.3) is 0 Å². The lowest BCUT2D eigenvalue weighted by Gasteiger charge is -2.33. The number of nitrogens with zero attached hydrogens (tertiary/aromatic N) is 2. The molecular formula is C35H45N3O8. The minimum Gasteiger partial charge on any atom is -0.493 e. The molecule has 1 aliphatic heterocycles. The molecule has 0 saturated heterocycles. The number of hydrogen-bond donors (Lipinski definition) is 3. The van der Waals surface area contributed by atoms with Crippen molar-refractivity contribution in [2.45, 2.75) is 77.9 Å². The van der Waals surface area contributed by atoms with Crippen LogP contribution >= 0.6 is 0 Å². The Morgan fingerprint density at radius 3 is 2.78 bits per heavy atom. The molecule has 2 heterocycles. The second-order valence-electron chi connectivity index (χ2n) is 11.5. The highest BCUT2D eigenvalue weighted by atomic mass is 16.7. The number of carbonyl (C=O) groups excluding carboxylic acids is 1. The summed E-state index contributed by atoms with van der Waals surface area (Å²) in [5, 5.41) is 24.1. The van der Waals surface area contributed by atoms with E-state index in [9.17, 15) is 19.8 Å². The van der Waals surface area contributed by atoms with Crippen LogP contribution in [0.5, 0.6) is 11.6 Å². The van der Waals surface area contributed by atoms with Crippen molar-refractivity contribution in [3.63, 3.8) is 0 Å². The summed E-state index contributed by atoms with van der Waals surface area (Å²) in [7, 11) is 0. The third-order valence-electron chi connectivity index (χ3n) is 7.41. The summed E-state index contributed by atoms with van der Waals surface area (Å²) in [6.07, 6.45) is 5.42. The average Bonchev–Trinajstić information content (AvgIpc) is 3.31. The van der Waals surface area contributed by atoms with Crippen LogP contribution in [0, 0.1) is 11.8 Å². The van der Waals surface area contributed by atoms with Crippen molar-refractivity contribution in [1.29, 1.82) is 0 Å². The zero-order valence-electron chi connectivity index (χ0n) is 26.9. The second kappa shape index (κ2) is 17.0. The summed E-state index contributed by atoms with van der Waals surface area (Å²) in [5.74, 6) is 5.44. The first-order valence-electron chi connectivity index (χ1n) is 15.8. The highest BCUT2D eigenvalue weighted by molar-refractivity contribution is 5.69. The monoisotopic (exact) mass is 635 g/mol. The van der Waals surface area contributed by atoms with Crippen LogP contribution in [0.25, 0.3) is 5.69 Å². The smallest absolute Gasteiger partial charge is 0.336 e. The first-order valence-corrected chi connectivity index (χ1v) is 15.8. The Balaban J connectivity index is 1.06. The molecule has 0 aliphatic carbocycles. The van der Waals surface area contributed by atoms with Gasteiger partial charge in [-0.15, -0.1) is 0 Å². The topological polar surface area (TPSA) is 133 Å². The van der Waals surface area contributed by atoms with E-state index in [1.807, 2.05) is 38.1 Å². The molecule has 46 heavy (non-hydrogen) atoms. The molecular weight excluding hydrogens is 590 g/mol. The molecule has 248 valence electrons. The summed E-state index contributed by atoms with van der Waals surface area (Å²) in [4.78, 5) is 24.5. The van der Waals surface area contributed by atoms with Gasteiger partial charge in [0.05, 0.1) is 37.8 Å². The maximum atomic E-state index is 12.7. The van der Waals surface area contributed by atoms with Crippen LogP contribution in [0.1, 0.15) is 75.7 Å². The molecule has 0 fully saturated rings. The number of hydrogen-bond acceptors (Lipinski definition) is 9. The Morgan fingerprint density at radius 1 is 1.13 bits per heavy atom. The summed E-state index contributed by atoms with van der Waals surface area (Å²) >= 11 is 0. The van der Waals surface area contributed by atoms with Crippen LogP contribution in [-0.4, -0.2) is 64.0 Å². The molecule has 0 saturated carbocycles. The predicted molar refractivity (Wildman–Crippen MR) is 173 cm³/mol. The number of esters is 1. The van der Waals surface area contributed by atoms with Crippen molar-refractivity contribution in [2.75, 3.05) is 32.9 Å². The number of unbranched alkanes of at least 4 members (excludes halogenated alkanes) is 3. The van der Waals surface area contributed by atoms with Crippen LogP contribution < -0.4 is 15.7 Å². The molecule has 1 aromatic heterocycles. The molecule has 1 aliphatic rings. The lowest BCUT2D eigenvalue weighted by atomic mass is 10.0. The third kappa shape index (κ3) is 10.2. The number of nitrogens with one attached hydrogen (secondary N) is 1. The minimum atomic E-state index is -0.630. The lowest BCUT2D eigenvalue weighted by molar-refractivity contribution is -0.180. The molecule has 1 atom stereocenters. The van der Waals surface area contributed by atoms with Gasteiger partial charge in [-0.1, -0.05) is 36.8 Å². The van der Waals surface area contributed by atoms with Crippen LogP contribution in [0.3, 0.4) is 0 Å². The molecule has 0 unspecified atom stereocenters. The number of ether oxygens (including phenoxy) is 4. The first kappa shape index (κ1) is 34.8. The Labute approximate surface area is 270 Å². The molecule has 0 amide bonds. The Kier molecular flexibility index (Phi) is 12.9. The van der Waals surface area contributed by atoms with E-state index in [0.717, 1.165) is 59.2 Å². The molecule has 2 aromatic carbocycles. The van der Waals surface area contributed by atoms with Crippen molar-refractivity contribution in [3.8, 4) is 29.2 Å². The predicted octanol–water partition coefficient (Wildman–Crippen LogP) is 4.19. The Morgan fingerprint density at radius 2 is 1.96 bits per heavy atom. The van der Waals surface area contributed by atoms with Gasteiger partial charge in [0, 0.05) is 44.5 Å². The zero-order chi connectivity index (χ0) is 32.9. The maximum Gasteiger partial charge on any atom is 0.336 e. The molecule has 3 N–H and O–H groups in total. The largest absolute Gasteiger partial charge is 0.493 e. The van der Waals surface area contributed by atoms with Crippen LogP contribution in [0.2, 0.25) is 0 Å². The van der Waals surface area contributed by atoms with Gasteiger partial charge in [0.2, 0.25) is 11.7 Å². The summed E-state index contributed by atoms with van der Waals surface area (Å²) in [5.41, 5.74) is 2.51. The number of fused-ring (bicyclic) bond motifs is 1. The Hall–Kier alpha value is -4.08. The van der Waals surface area contributed by atoms with E-state index in [1.54, 1.807) is 25.1 Å². The van der Waals surface area contributed by atoms with E-state index in [1.165, 1.54) is 10.8 Å². The van der Waals surface area contributed by atoms with Crippen LogP contribution in [-0.2, 0) is 32.2 Å². The van der Waals surface area contributed by atoms with E-state index < -0.39 is 23.6 Å². The third-order valence-corrected chi connectivity index (χ3v) is 7.41. The fourth-order valence-corrected chi connectivity index (χ4v) is 4.99. The number of aliphatic hydroxyl groups excluding tert-OH is 1. The molecule has 0 bridgehead atoms. The quantitative estimate of drug-likeness (QED) is 0.120. The van der Waals surface area contributed by atoms with Crippen molar-refractivity contribution in [1.82, 2.24) is 14.5 Å². The highest BCUT2D eigenvalue weighted by Gasteiger charge is 2.27. The van der Waals surface area contributed by atoms with Gasteiger partial charge in [-0.25, -0.2) is 4.79 Å². The lowest BCUT2D eigenvalue weighted by Crippen LogP contribution is -2.35. The number of carbonyl (C=O) groups is 1. The van der Waals surface area contributed by atoms with Gasteiger partial charge in [0.15, 0.2) is 0 Å². The highest BCUT2D eigenvalue weighted by Crippen LogP contribution is 2.32. The SMILES string of the molecule is CCOC(=O)Cn1c(O)cn(-c2cccc(C#CCCOCCCCCCNC[C@H](O)c3ccc4c(c3)COC(C)(C)O4)c2)c1=O. The summed E-state index contributed by atoms with van der Waals surface area (Å²) < 4.78 is 24.3. The number of aliphatic hydroxyl groups is 1. The van der Waals surface area contributed by atoms with E-state index >= 15 is 0 Å². The van der Waals surface area contributed by atoms with Gasteiger partial charge < -0.3 is 34.5 Å². The average molecular weight is 636 g/mol. The Bertz CT molecular complexity index is 1570. The van der Waals surface area contributed by atoms with E-state index in [4.69, 9.17) is 18.9 Å². The molecule has 11 nitrogen and oxygen atoms in total. The van der Waals surface area contributed by atoms with Gasteiger partial charge in [-0.3, -0.25) is 13.9 Å². The normalized spacial score (nSPS) is 14.1. The minimum absolute atomic E-state index is 0.192. The number of aromatic hydroxyl groups is 1. The molecule has 3 aromatic rings. The van der Waals surface area contributed by atoms with E-state index in [-0.39, 0.29) is 19.0 Å². The van der Waals surface area contributed by atoms with Crippen molar-refractivity contribution in [3.05, 3.63) is 75.8 Å². The van der Waals surface area contributed by atoms with Gasteiger partial charge in [-0.05, 0) is 62.2 Å². The zero-order valence-corrected chi connectivity index (χ0v) is 26.9. The standard InChI is InChI=1S/C35H45N3O8/c1-4-44-33(41)24-38-32(40)23-37(34(38)42)29-14-11-13-26(20-29)12-7-10-19-43-18-9-6-5-8-17-36-22-30(39)27-15-16-31-28(21-27)25-45-35(2,3)46-31/h11,13-16,20-21,23,30,36,39-40H,4-6,8-10,17-19,22,24-25H2,1-3H3/t30-/m0/s1. The van der Waals surface area contributed by atoms with Crippen molar-refractivity contribution < 1.29 is 34.0 Å². The van der Waals surface area contributed by atoms with Gasteiger partial charge in [-0.2, -0.15) is 0 Å². The number of aromatic nitrogens is 2. The molecule has 0 spiro atoms. The second-order valence-corrected chi connectivity index (χ2v) is 11.5. The summed E-state index contributed by atoms with van der Waals surface area (Å²) in [6.45, 7) is 8.30. The van der Waals surface area contributed by atoms with Gasteiger partial charge in [0.1, 0.15) is 12.3 Å². The molecule has 4 rings (SSSR count). The van der Waals surface area contributed by atoms with Crippen molar-refractivity contribution >= 4 is 5.97 Å². The van der Waals surface area contributed by atoms with E-state index in [2.05, 4.69) is 17.2 Å². The molecule has 11 heteroatoms. The van der Waals surface area contributed by atoms with Crippen LogP contribution in [0.15, 0.2) is 53.5 Å². The van der Waals surface area contributed by atoms with Crippen molar-refractivity contribution in [2.24, 2.45) is 0 Å². The van der Waals surface area contributed by atoms with E-state index in [0.29, 0.717) is 38.5 Å². The molecule has 0 radical (unpaired) electrons. The van der Waals surface area contributed by atoms with Gasteiger partial charge >= 0.3 is 11.7 Å². The fourth-order valence-electron chi connectivity index (χ4n) is 4.99.